The lowest BCUT2D eigenvalue weighted by Crippen LogP contribution is -2.44. The van der Waals surface area contributed by atoms with E-state index in [1.54, 1.807) is 12.1 Å². The molecule has 18 heavy (non-hydrogen) atoms. The van der Waals surface area contributed by atoms with Gasteiger partial charge in [-0.05, 0) is 18.2 Å². The number of hydrogen-bond donors (Lipinski definition) is 3. The van der Waals surface area contributed by atoms with Crippen molar-refractivity contribution in [3.05, 3.63) is 28.2 Å². The summed E-state index contributed by atoms with van der Waals surface area (Å²) in [6.07, 6.45) is 0. The number of amides is 2. The predicted molar refractivity (Wildman–Crippen MR) is 76.5 cm³/mol. The van der Waals surface area contributed by atoms with Gasteiger partial charge in [-0.15, -0.1) is 0 Å². The first kappa shape index (κ1) is 15.1. The van der Waals surface area contributed by atoms with Crippen LogP contribution < -0.4 is 10.6 Å². The summed E-state index contributed by atoms with van der Waals surface area (Å²) in [5.74, 6) is -0.454. The van der Waals surface area contributed by atoms with Crippen molar-refractivity contribution in [3.63, 3.8) is 0 Å². The third-order valence-corrected chi connectivity index (χ3v) is 3.17. The molecule has 1 aromatic carbocycles. The van der Waals surface area contributed by atoms with E-state index in [9.17, 15) is 9.59 Å². The number of nitrogens with one attached hydrogen (secondary N) is 2. The molecule has 1 atom stereocenters. The molecule has 0 aliphatic heterocycles. The van der Waals surface area contributed by atoms with Gasteiger partial charge in [0.05, 0.1) is 10.0 Å². The monoisotopic (exact) mass is 306 g/mol. The van der Waals surface area contributed by atoms with Crippen LogP contribution in [-0.2, 0) is 9.59 Å². The number of carbonyl (C=O) groups is 2. The minimum absolute atomic E-state index is 0.201. The number of benzene rings is 1. The molecular weight excluding hydrogens is 295 g/mol. The molecule has 98 valence electrons. The molecule has 0 fully saturated rings. The minimum Gasteiger partial charge on any atom is -0.344 e. The molecule has 0 aliphatic carbocycles. The van der Waals surface area contributed by atoms with Gasteiger partial charge in [-0.2, -0.15) is 12.6 Å². The molecule has 0 aromatic heterocycles. The van der Waals surface area contributed by atoms with Crippen molar-refractivity contribution < 1.29 is 9.59 Å². The number of halogens is 2. The maximum absolute atomic E-state index is 11.8. The van der Waals surface area contributed by atoms with Crippen LogP contribution in [0, 0.1) is 0 Å². The van der Waals surface area contributed by atoms with Crippen LogP contribution in [0.1, 0.15) is 6.92 Å². The molecule has 0 aliphatic rings. The molecule has 4 nitrogen and oxygen atoms in total. The van der Waals surface area contributed by atoms with Gasteiger partial charge in [0, 0.05) is 18.4 Å². The van der Waals surface area contributed by atoms with Crippen LogP contribution in [0.2, 0.25) is 10.0 Å². The van der Waals surface area contributed by atoms with Crippen LogP contribution in [0.25, 0.3) is 0 Å². The smallest absolute Gasteiger partial charge is 0.247 e. The van der Waals surface area contributed by atoms with Gasteiger partial charge in [0.15, 0.2) is 0 Å². The second kappa shape index (κ2) is 6.87. The quantitative estimate of drug-likeness (QED) is 0.748. The van der Waals surface area contributed by atoms with Gasteiger partial charge in [0.25, 0.3) is 0 Å². The summed E-state index contributed by atoms with van der Waals surface area (Å²) in [4.78, 5) is 22.7. The van der Waals surface area contributed by atoms with Gasteiger partial charge < -0.3 is 10.6 Å². The van der Waals surface area contributed by atoms with E-state index in [0.717, 1.165) is 0 Å². The van der Waals surface area contributed by atoms with Crippen LogP contribution in [0.15, 0.2) is 18.2 Å². The van der Waals surface area contributed by atoms with Crippen LogP contribution in [0.4, 0.5) is 5.69 Å². The first-order chi connectivity index (χ1) is 8.43. The summed E-state index contributed by atoms with van der Waals surface area (Å²) in [5.41, 5.74) is 0.506. The van der Waals surface area contributed by atoms with Crippen molar-refractivity contribution in [1.29, 1.82) is 0 Å². The average molecular weight is 307 g/mol. The Morgan fingerprint density at radius 2 is 2.00 bits per heavy atom. The molecule has 0 spiro atoms. The Hall–Kier alpha value is -0.910. The van der Waals surface area contributed by atoms with E-state index in [2.05, 4.69) is 23.3 Å². The Morgan fingerprint density at radius 3 is 2.50 bits per heavy atom. The zero-order chi connectivity index (χ0) is 13.7. The number of rotatable bonds is 4. The minimum atomic E-state index is -0.694. The molecule has 1 aromatic rings. The van der Waals surface area contributed by atoms with Gasteiger partial charge in [0.2, 0.25) is 11.8 Å². The van der Waals surface area contributed by atoms with E-state index in [1.807, 2.05) is 0 Å². The molecule has 0 saturated carbocycles. The fourth-order valence-electron chi connectivity index (χ4n) is 1.24. The molecule has 1 unspecified atom stereocenters. The lowest BCUT2D eigenvalue weighted by Gasteiger charge is -2.15. The highest BCUT2D eigenvalue weighted by Gasteiger charge is 2.17. The van der Waals surface area contributed by atoms with Gasteiger partial charge >= 0.3 is 0 Å². The number of hydrogen-bond acceptors (Lipinski definition) is 3. The zero-order valence-corrected chi connectivity index (χ0v) is 11.9. The topological polar surface area (TPSA) is 58.2 Å². The average Bonchev–Trinajstić information content (AvgIpc) is 2.30. The predicted octanol–water partition coefficient (Wildman–Crippen LogP) is 2.37. The van der Waals surface area contributed by atoms with E-state index >= 15 is 0 Å². The molecule has 0 radical (unpaired) electrons. The number of carbonyl (C=O) groups excluding carboxylic acids is 2. The van der Waals surface area contributed by atoms with Crippen LogP contribution >= 0.6 is 35.8 Å². The highest BCUT2D eigenvalue weighted by molar-refractivity contribution is 7.80. The van der Waals surface area contributed by atoms with E-state index < -0.39 is 6.04 Å². The van der Waals surface area contributed by atoms with E-state index in [-0.39, 0.29) is 17.6 Å². The van der Waals surface area contributed by atoms with Gasteiger partial charge in [-0.1, -0.05) is 23.2 Å². The van der Waals surface area contributed by atoms with Crippen molar-refractivity contribution in [1.82, 2.24) is 5.32 Å². The van der Waals surface area contributed by atoms with E-state index in [1.165, 1.54) is 13.0 Å². The molecule has 1 rings (SSSR count). The molecule has 2 amide bonds. The zero-order valence-electron chi connectivity index (χ0n) is 9.54. The summed E-state index contributed by atoms with van der Waals surface area (Å²) in [6.45, 7) is 1.34. The van der Waals surface area contributed by atoms with Gasteiger partial charge in [-0.3, -0.25) is 9.59 Å². The summed E-state index contributed by atoms with van der Waals surface area (Å²) in [6, 6.07) is 4.04. The first-order valence-electron chi connectivity index (χ1n) is 5.08. The Balaban J connectivity index is 2.73. The summed E-state index contributed by atoms with van der Waals surface area (Å²) in [7, 11) is 0. The molecule has 0 bridgehead atoms. The summed E-state index contributed by atoms with van der Waals surface area (Å²) >= 11 is 15.6. The molecule has 0 saturated heterocycles. The highest BCUT2D eigenvalue weighted by Crippen LogP contribution is 2.25. The fourth-order valence-corrected chi connectivity index (χ4v) is 1.80. The third kappa shape index (κ3) is 4.40. The Morgan fingerprint density at radius 1 is 1.33 bits per heavy atom. The first-order valence-corrected chi connectivity index (χ1v) is 6.46. The Bertz CT molecular complexity index is 468. The summed E-state index contributed by atoms with van der Waals surface area (Å²) < 4.78 is 0. The van der Waals surface area contributed by atoms with Crippen LogP contribution in [0.3, 0.4) is 0 Å². The van der Waals surface area contributed by atoms with Crippen molar-refractivity contribution in [3.8, 4) is 0 Å². The Labute approximate surface area is 120 Å². The third-order valence-electron chi connectivity index (χ3n) is 2.06. The summed E-state index contributed by atoms with van der Waals surface area (Å²) in [5, 5.41) is 5.86. The number of anilines is 1. The maximum Gasteiger partial charge on any atom is 0.247 e. The standard InChI is InChI=1S/C11H12Cl2N2O2S/c1-6(16)14-10(5-18)11(17)15-7-2-3-8(12)9(13)4-7/h2-4,10,18H,5H2,1H3,(H,14,16)(H,15,17). The number of thiol groups is 1. The van der Waals surface area contributed by atoms with Crippen LogP contribution in [0.5, 0.6) is 0 Å². The SMILES string of the molecule is CC(=O)NC(CS)C(=O)Nc1ccc(Cl)c(Cl)c1. The lowest BCUT2D eigenvalue weighted by molar-refractivity contribution is -0.124. The maximum atomic E-state index is 11.8. The Kier molecular flexibility index (Phi) is 5.78. The second-order valence-corrected chi connectivity index (χ2v) is 4.73. The lowest BCUT2D eigenvalue weighted by atomic mass is 10.2. The van der Waals surface area contributed by atoms with Crippen LogP contribution in [-0.4, -0.2) is 23.6 Å². The highest BCUT2D eigenvalue weighted by atomic mass is 35.5. The van der Waals surface area contributed by atoms with Crippen molar-refractivity contribution in [2.75, 3.05) is 11.1 Å². The molecule has 7 heteroatoms. The van der Waals surface area contributed by atoms with Crippen molar-refractivity contribution >= 4 is 53.3 Å². The van der Waals surface area contributed by atoms with E-state index in [4.69, 9.17) is 23.2 Å². The largest absolute Gasteiger partial charge is 0.344 e. The van der Waals surface area contributed by atoms with Crippen molar-refractivity contribution in [2.45, 2.75) is 13.0 Å². The molecule has 2 N–H and O–H groups in total. The fraction of sp³-hybridized carbons (Fsp3) is 0.273. The molecule has 0 heterocycles. The second-order valence-electron chi connectivity index (χ2n) is 3.55. The van der Waals surface area contributed by atoms with Gasteiger partial charge in [0.1, 0.15) is 6.04 Å². The van der Waals surface area contributed by atoms with E-state index in [0.29, 0.717) is 15.7 Å². The van der Waals surface area contributed by atoms with Gasteiger partial charge in [-0.25, -0.2) is 0 Å². The molecular formula is C11H12Cl2N2O2S. The normalized spacial score (nSPS) is 11.8. The van der Waals surface area contributed by atoms with Crippen molar-refractivity contribution in [2.24, 2.45) is 0 Å².